The van der Waals surface area contributed by atoms with Crippen molar-refractivity contribution in [3.63, 3.8) is 0 Å². The Hall–Kier alpha value is -3.54. The molecule has 3 aromatic rings. The molecule has 0 fully saturated rings. The van der Waals surface area contributed by atoms with Gasteiger partial charge in [0.05, 0.1) is 5.56 Å². The molecular weight excluding hydrogens is 340 g/mol. The lowest BCUT2D eigenvalue weighted by Gasteiger charge is -2.08. The van der Waals surface area contributed by atoms with Gasteiger partial charge in [-0.25, -0.2) is 9.97 Å². The Kier molecular flexibility index (Phi) is 5.26. The van der Waals surface area contributed by atoms with Crippen molar-refractivity contribution in [2.24, 2.45) is 0 Å². The number of benzene rings is 2. The molecule has 0 bridgehead atoms. The van der Waals surface area contributed by atoms with Crippen LogP contribution >= 0.6 is 0 Å². The Labute approximate surface area is 157 Å². The van der Waals surface area contributed by atoms with Gasteiger partial charge in [-0.15, -0.1) is 0 Å². The molecule has 0 atom stereocenters. The van der Waals surface area contributed by atoms with Gasteiger partial charge >= 0.3 is 0 Å². The Morgan fingerprint density at radius 2 is 1.44 bits per heavy atom. The molecule has 2 aromatic carbocycles. The minimum absolute atomic E-state index is 0.0111. The third-order valence-electron chi connectivity index (χ3n) is 4.23. The summed E-state index contributed by atoms with van der Waals surface area (Å²) in [7, 11) is 0. The van der Waals surface area contributed by atoms with Crippen molar-refractivity contribution in [3.05, 3.63) is 77.1 Å². The molecule has 1 heterocycles. The number of anilines is 3. The van der Waals surface area contributed by atoms with E-state index in [1.165, 1.54) is 24.9 Å². The first-order valence-corrected chi connectivity index (χ1v) is 8.51. The Bertz CT molecular complexity index is 980. The minimum Gasteiger partial charge on any atom is -0.324 e. The van der Waals surface area contributed by atoms with Crippen molar-refractivity contribution >= 4 is 29.0 Å². The number of amides is 1. The van der Waals surface area contributed by atoms with Crippen LogP contribution in [0.2, 0.25) is 0 Å². The molecule has 3 rings (SSSR count). The standard InChI is InChI=1S/C21H20N4O2/c1-13-4-7-19(10-14(13)2)24-20(27)17-11-22-21(23-12-17)25-18-8-5-16(6-9-18)15(3)26/h4-12H,1-3H3,(H,24,27)(H,22,23,25). The van der Waals surface area contributed by atoms with Crippen LogP contribution in [0.15, 0.2) is 54.9 Å². The molecule has 1 aromatic heterocycles. The van der Waals surface area contributed by atoms with Gasteiger partial charge in [0.15, 0.2) is 5.78 Å². The second kappa shape index (κ2) is 7.78. The van der Waals surface area contributed by atoms with Crippen molar-refractivity contribution in [1.29, 1.82) is 0 Å². The third-order valence-corrected chi connectivity index (χ3v) is 4.23. The molecule has 0 unspecified atom stereocenters. The summed E-state index contributed by atoms with van der Waals surface area (Å²) in [4.78, 5) is 32.0. The second-order valence-electron chi connectivity index (χ2n) is 6.31. The monoisotopic (exact) mass is 360 g/mol. The molecule has 0 aliphatic carbocycles. The average molecular weight is 360 g/mol. The van der Waals surface area contributed by atoms with Gasteiger partial charge in [0.25, 0.3) is 5.91 Å². The van der Waals surface area contributed by atoms with Crippen LogP contribution in [-0.4, -0.2) is 21.7 Å². The summed E-state index contributed by atoms with van der Waals surface area (Å²) in [5.74, 6) is 0.112. The fraction of sp³-hybridized carbons (Fsp3) is 0.143. The Morgan fingerprint density at radius 3 is 2.04 bits per heavy atom. The molecule has 1 amide bonds. The van der Waals surface area contributed by atoms with Gasteiger partial charge in [-0.1, -0.05) is 6.07 Å². The molecule has 136 valence electrons. The molecule has 0 spiro atoms. The molecule has 0 aliphatic heterocycles. The van der Waals surface area contributed by atoms with Crippen molar-refractivity contribution < 1.29 is 9.59 Å². The molecule has 6 heteroatoms. The van der Waals surface area contributed by atoms with E-state index < -0.39 is 0 Å². The number of nitrogens with zero attached hydrogens (tertiary/aromatic N) is 2. The molecule has 2 N–H and O–H groups in total. The summed E-state index contributed by atoms with van der Waals surface area (Å²) in [5, 5.41) is 5.88. The van der Waals surface area contributed by atoms with E-state index in [0.717, 1.165) is 16.9 Å². The molecule has 0 aliphatic rings. The third kappa shape index (κ3) is 4.55. The first-order chi connectivity index (χ1) is 12.9. The maximum atomic E-state index is 12.3. The van der Waals surface area contributed by atoms with Crippen molar-refractivity contribution in [2.75, 3.05) is 10.6 Å². The van der Waals surface area contributed by atoms with E-state index in [-0.39, 0.29) is 11.7 Å². The van der Waals surface area contributed by atoms with Gasteiger partial charge in [0, 0.05) is 29.3 Å². The van der Waals surface area contributed by atoms with Gasteiger partial charge in [0.1, 0.15) is 0 Å². The molecule has 27 heavy (non-hydrogen) atoms. The van der Waals surface area contributed by atoms with Gasteiger partial charge in [0.2, 0.25) is 5.95 Å². The van der Waals surface area contributed by atoms with Crippen LogP contribution in [0.4, 0.5) is 17.3 Å². The second-order valence-corrected chi connectivity index (χ2v) is 6.31. The van der Waals surface area contributed by atoms with Gasteiger partial charge < -0.3 is 10.6 Å². The molecule has 0 saturated carbocycles. The fourth-order valence-electron chi connectivity index (χ4n) is 2.45. The highest BCUT2D eigenvalue weighted by Gasteiger charge is 2.09. The van der Waals surface area contributed by atoms with Crippen LogP contribution < -0.4 is 10.6 Å². The van der Waals surface area contributed by atoms with Crippen molar-refractivity contribution in [2.45, 2.75) is 20.8 Å². The topological polar surface area (TPSA) is 84.0 Å². The zero-order chi connectivity index (χ0) is 19.4. The highest BCUT2D eigenvalue weighted by molar-refractivity contribution is 6.04. The number of rotatable bonds is 5. The number of carbonyl (C=O) groups is 2. The number of ketones is 1. The predicted molar refractivity (Wildman–Crippen MR) is 106 cm³/mol. The summed E-state index contributed by atoms with van der Waals surface area (Å²) in [6, 6.07) is 12.8. The van der Waals surface area contributed by atoms with Crippen molar-refractivity contribution in [3.8, 4) is 0 Å². The largest absolute Gasteiger partial charge is 0.324 e. The number of nitrogens with one attached hydrogen (secondary N) is 2. The van der Waals surface area contributed by atoms with E-state index in [1.54, 1.807) is 24.3 Å². The SMILES string of the molecule is CC(=O)c1ccc(Nc2ncc(C(=O)Nc3ccc(C)c(C)c3)cn2)cc1. The summed E-state index contributed by atoms with van der Waals surface area (Å²) in [5.41, 5.74) is 4.77. The number of aromatic nitrogens is 2. The van der Waals surface area contributed by atoms with E-state index in [1.807, 2.05) is 32.0 Å². The van der Waals surface area contributed by atoms with Crippen molar-refractivity contribution in [1.82, 2.24) is 9.97 Å². The minimum atomic E-state index is -0.268. The first kappa shape index (κ1) is 18.3. The van der Waals surface area contributed by atoms with E-state index in [2.05, 4.69) is 20.6 Å². The number of Topliss-reactive ketones (excluding diaryl/α,β-unsaturated/α-hetero) is 1. The number of aryl methyl sites for hydroxylation is 2. The van der Waals surface area contributed by atoms with Crippen LogP contribution in [0.25, 0.3) is 0 Å². The van der Waals surface area contributed by atoms with E-state index in [0.29, 0.717) is 17.1 Å². The summed E-state index contributed by atoms with van der Waals surface area (Å²) >= 11 is 0. The zero-order valence-corrected chi connectivity index (χ0v) is 15.4. The number of hydrogen-bond donors (Lipinski definition) is 2. The highest BCUT2D eigenvalue weighted by Crippen LogP contribution is 2.16. The summed E-state index contributed by atoms with van der Waals surface area (Å²) in [6.07, 6.45) is 2.94. The molecule has 0 saturated heterocycles. The summed E-state index contributed by atoms with van der Waals surface area (Å²) in [6.45, 7) is 5.54. The molecular formula is C21H20N4O2. The lowest BCUT2D eigenvalue weighted by atomic mass is 10.1. The smallest absolute Gasteiger partial charge is 0.258 e. The van der Waals surface area contributed by atoms with Crippen LogP contribution in [0.5, 0.6) is 0 Å². The molecule has 0 radical (unpaired) electrons. The zero-order valence-electron chi connectivity index (χ0n) is 15.4. The number of carbonyl (C=O) groups excluding carboxylic acids is 2. The highest BCUT2D eigenvalue weighted by atomic mass is 16.1. The quantitative estimate of drug-likeness (QED) is 0.663. The lowest BCUT2D eigenvalue weighted by molar-refractivity contribution is 0.101. The van der Waals surface area contributed by atoms with E-state index in [9.17, 15) is 9.59 Å². The average Bonchev–Trinajstić information content (AvgIpc) is 2.66. The van der Waals surface area contributed by atoms with Crippen LogP contribution in [0, 0.1) is 13.8 Å². The first-order valence-electron chi connectivity index (χ1n) is 8.51. The Balaban J connectivity index is 1.66. The van der Waals surface area contributed by atoms with Crippen LogP contribution in [-0.2, 0) is 0 Å². The molecule has 6 nitrogen and oxygen atoms in total. The number of hydrogen-bond acceptors (Lipinski definition) is 5. The fourth-order valence-corrected chi connectivity index (χ4v) is 2.45. The maximum absolute atomic E-state index is 12.3. The van der Waals surface area contributed by atoms with E-state index >= 15 is 0 Å². The van der Waals surface area contributed by atoms with Gasteiger partial charge in [-0.3, -0.25) is 9.59 Å². The normalized spacial score (nSPS) is 10.3. The predicted octanol–water partition coefficient (Wildman–Crippen LogP) is 4.29. The van der Waals surface area contributed by atoms with E-state index in [4.69, 9.17) is 0 Å². The van der Waals surface area contributed by atoms with Crippen LogP contribution in [0.3, 0.4) is 0 Å². The van der Waals surface area contributed by atoms with Gasteiger partial charge in [-0.2, -0.15) is 0 Å². The lowest BCUT2D eigenvalue weighted by Crippen LogP contribution is -2.13. The maximum Gasteiger partial charge on any atom is 0.258 e. The van der Waals surface area contributed by atoms with Crippen LogP contribution in [0.1, 0.15) is 38.8 Å². The van der Waals surface area contributed by atoms with Gasteiger partial charge in [-0.05, 0) is 68.3 Å². The Morgan fingerprint density at radius 1 is 0.815 bits per heavy atom. The summed E-state index contributed by atoms with van der Waals surface area (Å²) < 4.78 is 0.